The highest BCUT2D eigenvalue weighted by Crippen LogP contribution is 2.39. The largest absolute Gasteiger partial charge is 0.479 e. The Morgan fingerprint density at radius 1 is 0.946 bits per heavy atom. The summed E-state index contributed by atoms with van der Waals surface area (Å²) in [4.78, 5) is 12.3. The van der Waals surface area contributed by atoms with Crippen LogP contribution in [0.1, 0.15) is 76.3 Å². The van der Waals surface area contributed by atoms with Gasteiger partial charge in [-0.25, -0.2) is 4.98 Å². The van der Waals surface area contributed by atoms with Crippen molar-refractivity contribution in [3.63, 3.8) is 0 Å². The molecule has 6 nitrogen and oxygen atoms in total. The molecule has 1 aliphatic heterocycles. The van der Waals surface area contributed by atoms with Crippen molar-refractivity contribution >= 4 is 17.5 Å². The van der Waals surface area contributed by atoms with Crippen molar-refractivity contribution < 1.29 is 4.74 Å². The number of hydrogen-bond acceptors (Lipinski definition) is 6. The molecular formula is C30H39N5OS. The van der Waals surface area contributed by atoms with E-state index < -0.39 is 0 Å². The molecule has 1 saturated heterocycles. The van der Waals surface area contributed by atoms with Crippen LogP contribution in [0.4, 0.5) is 5.95 Å². The van der Waals surface area contributed by atoms with E-state index >= 15 is 0 Å². The van der Waals surface area contributed by atoms with Crippen LogP contribution in [0.15, 0.2) is 47.4 Å². The van der Waals surface area contributed by atoms with Gasteiger partial charge in [-0.15, -0.1) is 0 Å². The first-order valence-corrected chi connectivity index (χ1v) is 14.5. The second-order valence-corrected chi connectivity index (χ2v) is 11.4. The molecule has 7 heteroatoms. The summed E-state index contributed by atoms with van der Waals surface area (Å²) in [5.74, 6) is 1.98. The molecule has 3 aromatic rings. The standard InChI is InChI=1S/C30H39N5OS/c1-20(2)17-23-11-10-12-24(23)26-13-8-6-7-9-16-35(26)30-32-29(37-33-30)25-14-15-27(28(31-25)36-5)34-18-21(3)22(4)19-34/h14-15,17-20H,6-13,16H2,1-5H3. The predicted molar refractivity (Wildman–Crippen MR) is 153 cm³/mol. The maximum atomic E-state index is 5.69. The molecule has 0 atom stereocenters. The Morgan fingerprint density at radius 2 is 1.73 bits per heavy atom. The van der Waals surface area contributed by atoms with Crippen molar-refractivity contribution in [1.29, 1.82) is 0 Å². The highest BCUT2D eigenvalue weighted by Gasteiger charge is 2.26. The van der Waals surface area contributed by atoms with E-state index in [4.69, 9.17) is 19.1 Å². The number of rotatable bonds is 5. The molecule has 4 heterocycles. The third kappa shape index (κ3) is 5.52. The van der Waals surface area contributed by atoms with Crippen LogP contribution in [0.2, 0.25) is 0 Å². The molecule has 0 radical (unpaired) electrons. The lowest BCUT2D eigenvalue weighted by Crippen LogP contribution is -2.27. The zero-order valence-corrected chi connectivity index (χ0v) is 23.7. The lowest BCUT2D eigenvalue weighted by atomic mass is 9.97. The quantitative estimate of drug-likeness (QED) is 0.345. The molecule has 0 spiro atoms. The van der Waals surface area contributed by atoms with Crippen molar-refractivity contribution in [2.45, 2.75) is 79.1 Å². The second kappa shape index (κ2) is 11.2. The molecule has 1 aliphatic carbocycles. The summed E-state index contributed by atoms with van der Waals surface area (Å²) in [5.41, 5.74) is 8.75. The maximum Gasteiger partial charge on any atom is 0.242 e. The Morgan fingerprint density at radius 3 is 2.49 bits per heavy atom. The third-order valence-electron chi connectivity index (χ3n) is 7.49. The Balaban J connectivity index is 1.49. The van der Waals surface area contributed by atoms with E-state index in [-0.39, 0.29) is 0 Å². The van der Waals surface area contributed by atoms with Crippen LogP contribution in [-0.4, -0.2) is 32.6 Å². The van der Waals surface area contributed by atoms with Crippen molar-refractivity contribution in [3.8, 4) is 22.3 Å². The zero-order valence-electron chi connectivity index (χ0n) is 22.9. The van der Waals surface area contributed by atoms with E-state index in [1.54, 1.807) is 18.3 Å². The minimum absolute atomic E-state index is 0.568. The van der Waals surface area contributed by atoms with Gasteiger partial charge in [0.05, 0.1) is 7.11 Å². The molecule has 2 fully saturated rings. The second-order valence-electron chi connectivity index (χ2n) is 10.7. The molecule has 5 rings (SSSR count). The number of allylic oxidation sites excluding steroid dienone is 4. The van der Waals surface area contributed by atoms with E-state index in [1.165, 1.54) is 73.3 Å². The van der Waals surface area contributed by atoms with E-state index in [1.807, 2.05) is 6.07 Å². The molecule has 1 saturated carbocycles. The number of methoxy groups -OCH3 is 1. The SMILES string of the molecule is COc1nc(-c2nc(N3CCCCCCC3=C3CCCC3=CC(C)C)ns2)ccc1-n1cc(C)c(C)c1. The lowest BCUT2D eigenvalue weighted by molar-refractivity contribution is 0.396. The van der Waals surface area contributed by atoms with Gasteiger partial charge in [-0.3, -0.25) is 0 Å². The number of nitrogens with zero attached hydrogens (tertiary/aromatic N) is 5. The van der Waals surface area contributed by atoms with Crippen molar-refractivity contribution in [2.24, 2.45) is 5.92 Å². The number of ether oxygens (including phenoxy) is 1. The summed E-state index contributed by atoms with van der Waals surface area (Å²) >= 11 is 1.43. The van der Waals surface area contributed by atoms with Crippen LogP contribution in [0.3, 0.4) is 0 Å². The molecular weight excluding hydrogens is 478 g/mol. The third-order valence-corrected chi connectivity index (χ3v) is 8.22. The average Bonchev–Trinajstić information content (AvgIpc) is 3.60. The number of pyridine rings is 1. The van der Waals surface area contributed by atoms with E-state index in [9.17, 15) is 0 Å². The Kier molecular flexibility index (Phi) is 7.79. The Labute approximate surface area is 225 Å². The van der Waals surface area contributed by atoms with Crippen molar-refractivity contribution in [3.05, 3.63) is 58.6 Å². The zero-order chi connectivity index (χ0) is 25.9. The lowest BCUT2D eigenvalue weighted by Gasteiger charge is -2.29. The molecule has 37 heavy (non-hydrogen) atoms. The van der Waals surface area contributed by atoms with Gasteiger partial charge in [0.1, 0.15) is 11.4 Å². The summed E-state index contributed by atoms with van der Waals surface area (Å²) < 4.78 is 12.6. The van der Waals surface area contributed by atoms with E-state index in [0.717, 1.165) is 35.3 Å². The van der Waals surface area contributed by atoms with Gasteiger partial charge in [0, 0.05) is 24.6 Å². The van der Waals surface area contributed by atoms with Gasteiger partial charge >= 0.3 is 0 Å². The summed E-state index contributed by atoms with van der Waals surface area (Å²) in [6.45, 7) is 9.77. The molecule has 0 aromatic carbocycles. The van der Waals surface area contributed by atoms with Gasteiger partial charge in [-0.2, -0.15) is 9.36 Å². The molecule has 2 aliphatic rings. The van der Waals surface area contributed by atoms with Crippen LogP contribution < -0.4 is 9.64 Å². The van der Waals surface area contributed by atoms with Gasteiger partial charge in [-0.1, -0.05) is 32.8 Å². The first-order valence-electron chi connectivity index (χ1n) is 13.7. The fraction of sp³-hybridized carbons (Fsp3) is 0.500. The van der Waals surface area contributed by atoms with Gasteiger partial charge in [0.15, 0.2) is 5.01 Å². The fourth-order valence-electron chi connectivity index (χ4n) is 5.53. The Hall–Kier alpha value is -2.93. The fourth-order valence-corrected chi connectivity index (χ4v) is 6.17. The number of hydrogen-bond donors (Lipinski definition) is 0. The average molecular weight is 518 g/mol. The highest BCUT2D eigenvalue weighted by atomic mass is 32.1. The summed E-state index contributed by atoms with van der Waals surface area (Å²) in [5, 5.41) is 0.829. The molecule has 0 amide bonds. The number of aryl methyl sites for hydroxylation is 2. The van der Waals surface area contributed by atoms with Crippen LogP contribution in [0.5, 0.6) is 5.88 Å². The highest BCUT2D eigenvalue weighted by molar-refractivity contribution is 7.09. The molecule has 0 bridgehead atoms. The van der Waals surface area contributed by atoms with Gasteiger partial charge in [0.2, 0.25) is 11.8 Å². The molecule has 3 aromatic heterocycles. The van der Waals surface area contributed by atoms with Crippen LogP contribution in [-0.2, 0) is 0 Å². The topological polar surface area (TPSA) is 56.1 Å². The summed E-state index contributed by atoms with van der Waals surface area (Å²) in [6.07, 6.45) is 16.4. The monoisotopic (exact) mass is 517 g/mol. The smallest absolute Gasteiger partial charge is 0.242 e. The summed E-state index contributed by atoms with van der Waals surface area (Å²) in [6, 6.07) is 4.09. The van der Waals surface area contributed by atoms with Crippen molar-refractivity contribution in [2.75, 3.05) is 18.6 Å². The normalized spacial score (nSPS) is 20.1. The van der Waals surface area contributed by atoms with Crippen LogP contribution in [0.25, 0.3) is 16.4 Å². The molecule has 0 unspecified atom stereocenters. The number of anilines is 1. The van der Waals surface area contributed by atoms with Crippen molar-refractivity contribution in [1.82, 2.24) is 18.9 Å². The van der Waals surface area contributed by atoms with E-state index in [2.05, 4.69) is 61.7 Å². The first kappa shape index (κ1) is 25.7. The van der Waals surface area contributed by atoms with E-state index in [0.29, 0.717) is 11.8 Å². The van der Waals surface area contributed by atoms with Crippen LogP contribution in [0, 0.1) is 19.8 Å². The molecule has 196 valence electrons. The van der Waals surface area contributed by atoms with Gasteiger partial charge in [0.25, 0.3) is 0 Å². The minimum atomic E-state index is 0.568. The van der Waals surface area contributed by atoms with Crippen LogP contribution >= 0.6 is 11.5 Å². The summed E-state index contributed by atoms with van der Waals surface area (Å²) in [7, 11) is 1.67. The predicted octanol–water partition coefficient (Wildman–Crippen LogP) is 7.81. The Bertz CT molecular complexity index is 1300. The van der Waals surface area contributed by atoms with Gasteiger partial charge < -0.3 is 14.2 Å². The molecule has 0 N–H and O–H groups in total. The maximum absolute atomic E-state index is 5.69. The number of aromatic nitrogens is 4. The first-order chi connectivity index (χ1) is 17.9. The van der Waals surface area contributed by atoms with Gasteiger partial charge in [-0.05, 0) is 104 Å². The minimum Gasteiger partial charge on any atom is -0.479 e.